The van der Waals surface area contributed by atoms with Gasteiger partial charge in [0, 0.05) is 67.9 Å². The van der Waals surface area contributed by atoms with Crippen molar-refractivity contribution in [1.29, 1.82) is 0 Å². The molecular weight excluding hydrogens is 474 g/mol. The minimum absolute atomic E-state index is 0.187. The molecule has 38 heavy (non-hydrogen) atoms. The van der Waals surface area contributed by atoms with E-state index in [0.29, 0.717) is 5.88 Å². The number of anilines is 1. The third-order valence-corrected chi connectivity index (χ3v) is 6.54. The molecule has 4 aromatic heterocycles. The molecule has 1 N–H and O–H groups in total. The second-order valence-corrected chi connectivity index (χ2v) is 8.74. The van der Waals surface area contributed by atoms with Crippen LogP contribution in [0.2, 0.25) is 0 Å². The van der Waals surface area contributed by atoms with E-state index in [-0.39, 0.29) is 6.04 Å². The smallest absolute Gasteiger partial charge is 0.212 e. The van der Waals surface area contributed by atoms with E-state index < -0.39 is 0 Å². The summed E-state index contributed by atoms with van der Waals surface area (Å²) < 4.78 is 9.26. The van der Waals surface area contributed by atoms with Crippen LogP contribution in [0.4, 0.5) is 5.69 Å². The molecule has 6 aromatic rings. The van der Waals surface area contributed by atoms with E-state index in [0.717, 1.165) is 39.1 Å². The first kappa shape index (κ1) is 25.0. The van der Waals surface area contributed by atoms with E-state index in [1.807, 2.05) is 56.0 Å². The van der Waals surface area contributed by atoms with Gasteiger partial charge in [-0.1, -0.05) is 26.0 Å². The van der Waals surface area contributed by atoms with E-state index in [9.17, 15) is 0 Å². The zero-order valence-electron chi connectivity index (χ0n) is 22.3. The van der Waals surface area contributed by atoms with Crippen molar-refractivity contribution in [3.63, 3.8) is 0 Å². The number of nitrogens with zero attached hydrogens (tertiary/aromatic N) is 6. The Morgan fingerprint density at radius 1 is 0.868 bits per heavy atom. The van der Waals surface area contributed by atoms with Crippen LogP contribution in [0.1, 0.15) is 31.1 Å². The molecule has 0 amide bonds. The van der Waals surface area contributed by atoms with Crippen molar-refractivity contribution in [2.24, 2.45) is 14.1 Å². The zero-order chi connectivity index (χ0) is 26.6. The lowest BCUT2D eigenvalue weighted by Gasteiger charge is -2.22. The lowest BCUT2D eigenvalue weighted by atomic mass is 10.00. The molecule has 0 aliphatic rings. The number of fused-ring (bicyclic) bond motifs is 2. The highest BCUT2D eigenvalue weighted by Gasteiger charge is 2.20. The van der Waals surface area contributed by atoms with Gasteiger partial charge in [0.1, 0.15) is 0 Å². The molecule has 0 fully saturated rings. The minimum Gasteiger partial charge on any atom is -0.481 e. The van der Waals surface area contributed by atoms with Gasteiger partial charge in [-0.25, -0.2) is 4.98 Å². The van der Waals surface area contributed by atoms with E-state index in [1.54, 1.807) is 25.7 Å². The van der Waals surface area contributed by atoms with Gasteiger partial charge in [-0.15, -0.1) is 0 Å². The fourth-order valence-electron chi connectivity index (χ4n) is 4.65. The van der Waals surface area contributed by atoms with Crippen molar-refractivity contribution in [3.8, 4) is 17.0 Å². The fraction of sp³-hybridized carbons (Fsp3) is 0.200. The standard InChI is InChI=1S/C28H25N7O.C2H6/c1-34-13-9-18-4-5-19(14-25(18)34)22-15-21(16-23-28(22)30-12-11-29-23)33-27(24-8-10-32-35(24)2)20-6-7-26(36-3)31-17-20;1-2/h4-17,27,33H,1-3H3;1-2H3. The van der Waals surface area contributed by atoms with Crippen molar-refractivity contribution in [1.82, 2.24) is 29.3 Å². The Morgan fingerprint density at radius 3 is 2.45 bits per heavy atom. The van der Waals surface area contributed by atoms with Gasteiger partial charge in [-0.2, -0.15) is 5.10 Å². The predicted octanol–water partition coefficient (Wildman–Crippen LogP) is 6.15. The number of nitrogens with one attached hydrogen (secondary N) is 1. The molecule has 8 heteroatoms. The van der Waals surface area contributed by atoms with E-state index in [4.69, 9.17) is 4.74 Å². The Bertz CT molecular complexity index is 1680. The van der Waals surface area contributed by atoms with Crippen molar-refractivity contribution in [2.75, 3.05) is 12.4 Å². The van der Waals surface area contributed by atoms with Crippen LogP contribution < -0.4 is 10.1 Å². The summed E-state index contributed by atoms with van der Waals surface area (Å²) in [6, 6.07) is 18.5. The highest BCUT2D eigenvalue weighted by atomic mass is 16.5. The maximum absolute atomic E-state index is 5.26. The minimum atomic E-state index is -0.187. The SMILES string of the molecule is CC.COc1ccc(C(Nc2cc(-c3ccc4ccn(C)c4c3)c3nccnc3c2)c2ccnn2C)cn1. The molecule has 1 unspecified atom stereocenters. The third kappa shape index (κ3) is 4.68. The van der Waals surface area contributed by atoms with Crippen LogP contribution in [-0.4, -0.2) is 36.4 Å². The first-order chi connectivity index (χ1) is 18.6. The van der Waals surface area contributed by atoms with Gasteiger partial charge >= 0.3 is 0 Å². The molecule has 6 rings (SSSR count). The molecule has 8 nitrogen and oxygen atoms in total. The number of rotatable bonds is 6. The number of aromatic nitrogens is 6. The van der Waals surface area contributed by atoms with Crippen LogP contribution in [0.3, 0.4) is 0 Å². The summed E-state index contributed by atoms with van der Waals surface area (Å²) in [4.78, 5) is 13.7. The lowest BCUT2D eigenvalue weighted by Crippen LogP contribution is -2.16. The summed E-state index contributed by atoms with van der Waals surface area (Å²) in [5.41, 5.74) is 7.87. The molecule has 0 saturated carbocycles. The Hall–Kier alpha value is -4.72. The second kappa shape index (κ2) is 10.7. The number of benzene rings is 2. The summed E-state index contributed by atoms with van der Waals surface area (Å²) in [5.74, 6) is 0.571. The number of hydrogen-bond acceptors (Lipinski definition) is 6. The lowest BCUT2D eigenvalue weighted by molar-refractivity contribution is 0.397. The fourth-order valence-corrected chi connectivity index (χ4v) is 4.65. The molecule has 1 atom stereocenters. The van der Waals surface area contributed by atoms with E-state index in [2.05, 4.69) is 73.5 Å². The summed E-state index contributed by atoms with van der Waals surface area (Å²) in [6.45, 7) is 4.00. The second-order valence-electron chi connectivity index (χ2n) is 8.74. The summed E-state index contributed by atoms with van der Waals surface area (Å²) in [5, 5.41) is 9.30. The average Bonchev–Trinajstić information content (AvgIpc) is 3.57. The quantitative estimate of drug-likeness (QED) is 0.292. The van der Waals surface area contributed by atoms with E-state index in [1.165, 1.54) is 10.9 Å². The molecule has 0 radical (unpaired) electrons. The van der Waals surface area contributed by atoms with Gasteiger partial charge in [0.05, 0.1) is 29.9 Å². The van der Waals surface area contributed by atoms with Gasteiger partial charge in [0.15, 0.2) is 0 Å². The van der Waals surface area contributed by atoms with Crippen molar-refractivity contribution >= 4 is 27.6 Å². The predicted molar refractivity (Wildman–Crippen MR) is 152 cm³/mol. The maximum atomic E-state index is 5.26. The number of aryl methyl sites for hydroxylation is 2. The van der Waals surface area contributed by atoms with Crippen LogP contribution in [0, 0.1) is 0 Å². The van der Waals surface area contributed by atoms with Crippen LogP contribution in [-0.2, 0) is 14.1 Å². The van der Waals surface area contributed by atoms with Crippen LogP contribution >= 0.6 is 0 Å². The van der Waals surface area contributed by atoms with Crippen LogP contribution in [0.5, 0.6) is 5.88 Å². The topological polar surface area (TPSA) is 82.7 Å². The molecule has 0 saturated heterocycles. The molecular formula is C30H31N7O. The van der Waals surface area contributed by atoms with Crippen molar-refractivity contribution < 1.29 is 4.74 Å². The van der Waals surface area contributed by atoms with Crippen LogP contribution in [0.25, 0.3) is 33.1 Å². The normalized spacial score (nSPS) is 11.7. The largest absolute Gasteiger partial charge is 0.481 e. The first-order valence-electron chi connectivity index (χ1n) is 12.7. The van der Waals surface area contributed by atoms with Gasteiger partial charge in [-0.05, 0) is 52.9 Å². The maximum Gasteiger partial charge on any atom is 0.212 e. The van der Waals surface area contributed by atoms with E-state index >= 15 is 0 Å². The number of ether oxygens (including phenoxy) is 1. The Morgan fingerprint density at radius 2 is 1.71 bits per heavy atom. The highest BCUT2D eigenvalue weighted by Crippen LogP contribution is 2.34. The molecule has 0 spiro atoms. The Kier molecular flexibility index (Phi) is 7.04. The molecule has 192 valence electrons. The Balaban J connectivity index is 0.00000144. The van der Waals surface area contributed by atoms with Crippen molar-refractivity contribution in [2.45, 2.75) is 19.9 Å². The van der Waals surface area contributed by atoms with Crippen molar-refractivity contribution in [3.05, 3.63) is 96.8 Å². The zero-order valence-corrected chi connectivity index (χ0v) is 22.3. The van der Waals surface area contributed by atoms with Gasteiger partial charge in [0.25, 0.3) is 0 Å². The summed E-state index contributed by atoms with van der Waals surface area (Å²) >= 11 is 0. The first-order valence-corrected chi connectivity index (χ1v) is 12.7. The number of hydrogen-bond donors (Lipinski definition) is 1. The molecule has 4 heterocycles. The van der Waals surface area contributed by atoms with Gasteiger partial charge < -0.3 is 14.6 Å². The Labute approximate surface area is 222 Å². The molecule has 0 aliphatic carbocycles. The highest BCUT2D eigenvalue weighted by molar-refractivity contribution is 5.97. The third-order valence-electron chi connectivity index (χ3n) is 6.54. The number of methoxy groups -OCH3 is 1. The summed E-state index contributed by atoms with van der Waals surface area (Å²) in [7, 11) is 5.61. The molecule has 0 bridgehead atoms. The van der Waals surface area contributed by atoms with Gasteiger partial charge in [0.2, 0.25) is 5.88 Å². The number of pyridine rings is 1. The summed E-state index contributed by atoms with van der Waals surface area (Å²) in [6.07, 6.45) is 9.16. The van der Waals surface area contributed by atoms with Crippen LogP contribution in [0.15, 0.2) is 85.6 Å². The monoisotopic (exact) mass is 505 g/mol. The average molecular weight is 506 g/mol. The van der Waals surface area contributed by atoms with Gasteiger partial charge in [-0.3, -0.25) is 14.6 Å². The molecule has 2 aromatic carbocycles. The molecule has 0 aliphatic heterocycles.